The maximum absolute atomic E-state index is 12.1. The second-order valence-corrected chi connectivity index (χ2v) is 5.81. The van der Waals surface area contributed by atoms with Crippen LogP contribution < -0.4 is 5.73 Å². The minimum atomic E-state index is -0.214. The SMILES string of the molecule is CCC(CC)N1C(=O)CC(SCC(C)N)C1=O. The van der Waals surface area contributed by atoms with Crippen molar-refractivity contribution in [1.82, 2.24) is 4.90 Å². The fourth-order valence-corrected chi connectivity index (χ4v) is 3.11. The van der Waals surface area contributed by atoms with Gasteiger partial charge >= 0.3 is 0 Å². The number of nitrogens with zero attached hydrogens (tertiary/aromatic N) is 1. The second-order valence-electron chi connectivity index (χ2n) is 4.58. The molecule has 2 unspecified atom stereocenters. The van der Waals surface area contributed by atoms with E-state index < -0.39 is 0 Å². The number of hydrogen-bond donors (Lipinski definition) is 1. The molecular weight excluding hydrogens is 236 g/mol. The van der Waals surface area contributed by atoms with Crippen molar-refractivity contribution < 1.29 is 9.59 Å². The molecule has 0 bridgehead atoms. The summed E-state index contributed by atoms with van der Waals surface area (Å²) in [6.07, 6.45) is 2.00. The number of carbonyl (C=O) groups is 2. The van der Waals surface area contributed by atoms with Gasteiger partial charge in [-0.3, -0.25) is 14.5 Å². The number of imide groups is 1. The van der Waals surface area contributed by atoms with Crippen molar-refractivity contribution >= 4 is 23.6 Å². The number of amides is 2. The zero-order chi connectivity index (χ0) is 13.0. The molecule has 17 heavy (non-hydrogen) atoms. The van der Waals surface area contributed by atoms with Gasteiger partial charge in [-0.15, -0.1) is 11.8 Å². The monoisotopic (exact) mass is 258 g/mol. The van der Waals surface area contributed by atoms with Gasteiger partial charge in [0.15, 0.2) is 0 Å². The highest BCUT2D eigenvalue weighted by Crippen LogP contribution is 2.28. The number of nitrogens with two attached hydrogens (primary N) is 1. The van der Waals surface area contributed by atoms with E-state index in [0.29, 0.717) is 6.42 Å². The molecule has 4 nitrogen and oxygen atoms in total. The third kappa shape index (κ3) is 3.45. The van der Waals surface area contributed by atoms with Gasteiger partial charge in [0, 0.05) is 24.3 Å². The highest BCUT2D eigenvalue weighted by atomic mass is 32.2. The molecule has 0 spiro atoms. The fraction of sp³-hybridized carbons (Fsp3) is 0.833. The van der Waals surface area contributed by atoms with Crippen LogP contribution in [0.4, 0.5) is 0 Å². The quantitative estimate of drug-likeness (QED) is 0.731. The van der Waals surface area contributed by atoms with E-state index in [1.165, 1.54) is 16.7 Å². The smallest absolute Gasteiger partial charge is 0.243 e. The van der Waals surface area contributed by atoms with Crippen LogP contribution in [0.3, 0.4) is 0 Å². The molecule has 1 saturated heterocycles. The Morgan fingerprint density at radius 2 is 2.00 bits per heavy atom. The summed E-state index contributed by atoms with van der Waals surface area (Å²) in [5.41, 5.74) is 5.67. The summed E-state index contributed by atoms with van der Waals surface area (Å²) in [7, 11) is 0. The molecule has 0 aromatic carbocycles. The van der Waals surface area contributed by atoms with Gasteiger partial charge in [-0.05, 0) is 19.8 Å². The summed E-state index contributed by atoms with van der Waals surface area (Å²) < 4.78 is 0. The van der Waals surface area contributed by atoms with Gasteiger partial charge in [-0.1, -0.05) is 13.8 Å². The average Bonchev–Trinajstić information content (AvgIpc) is 2.55. The van der Waals surface area contributed by atoms with Crippen LogP contribution in [0, 0.1) is 0 Å². The molecule has 1 fully saturated rings. The standard InChI is InChI=1S/C12H22N2O2S/c1-4-9(5-2)14-11(15)6-10(12(14)16)17-7-8(3)13/h8-10H,4-7,13H2,1-3H3. The average molecular weight is 258 g/mol. The molecular formula is C12H22N2O2S. The van der Waals surface area contributed by atoms with Gasteiger partial charge < -0.3 is 5.73 Å². The van der Waals surface area contributed by atoms with E-state index in [1.54, 1.807) is 0 Å². The maximum Gasteiger partial charge on any atom is 0.243 e. The molecule has 0 aromatic heterocycles. The lowest BCUT2D eigenvalue weighted by atomic mass is 10.1. The highest BCUT2D eigenvalue weighted by molar-refractivity contribution is 8.00. The predicted molar refractivity (Wildman–Crippen MR) is 70.7 cm³/mol. The van der Waals surface area contributed by atoms with E-state index in [0.717, 1.165) is 18.6 Å². The van der Waals surface area contributed by atoms with Crippen LogP contribution in [-0.2, 0) is 9.59 Å². The van der Waals surface area contributed by atoms with E-state index in [-0.39, 0.29) is 29.1 Å². The van der Waals surface area contributed by atoms with Crippen LogP contribution >= 0.6 is 11.8 Å². The van der Waals surface area contributed by atoms with Crippen LogP contribution in [0.2, 0.25) is 0 Å². The van der Waals surface area contributed by atoms with Crippen molar-refractivity contribution in [3.05, 3.63) is 0 Å². The van der Waals surface area contributed by atoms with Crippen LogP contribution in [-0.4, -0.2) is 39.8 Å². The number of rotatable bonds is 6. The Labute approximate surface area is 107 Å². The molecule has 2 N–H and O–H groups in total. The van der Waals surface area contributed by atoms with E-state index >= 15 is 0 Å². The van der Waals surface area contributed by atoms with Crippen molar-refractivity contribution in [3.8, 4) is 0 Å². The van der Waals surface area contributed by atoms with Crippen molar-refractivity contribution in [2.24, 2.45) is 5.73 Å². The highest BCUT2D eigenvalue weighted by Gasteiger charge is 2.41. The Bertz CT molecular complexity index is 290. The summed E-state index contributed by atoms with van der Waals surface area (Å²) in [6.45, 7) is 5.93. The molecule has 1 aliphatic heterocycles. The lowest BCUT2D eigenvalue weighted by Crippen LogP contribution is -2.40. The number of hydrogen-bond acceptors (Lipinski definition) is 4. The minimum Gasteiger partial charge on any atom is -0.327 e. The second kappa shape index (κ2) is 6.40. The Hall–Kier alpha value is -0.550. The lowest BCUT2D eigenvalue weighted by Gasteiger charge is -2.24. The van der Waals surface area contributed by atoms with Gasteiger partial charge in [-0.25, -0.2) is 0 Å². The van der Waals surface area contributed by atoms with E-state index in [2.05, 4.69) is 0 Å². The third-order valence-corrected chi connectivity index (χ3v) is 4.50. The molecule has 0 radical (unpaired) electrons. The fourth-order valence-electron chi connectivity index (χ4n) is 2.06. The van der Waals surface area contributed by atoms with E-state index in [9.17, 15) is 9.59 Å². The van der Waals surface area contributed by atoms with Crippen LogP contribution in [0.25, 0.3) is 0 Å². The predicted octanol–water partition coefficient (Wildman–Crippen LogP) is 1.38. The van der Waals surface area contributed by atoms with Gasteiger partial charge in [0.1, 0.15) is 0 Å². The van der Waals surface area contributed by atoms with Crippen molar-refractivity contribution in [1.29, 1.82) is 0 Å². The molecule has 1 aliphatic rings. The topological polar surface area (TPSA) is 63.4 Å². The zero-order valence-corrected chi connectivity index (χ0v) is 11.6. The molecule has 1 rings (SSSR count). The first kappa shape index (κ1) is 14.5. The number of carbonyl (C=O) groups excluding carboxylic acids is 2. The lowest BCUT2D eigenvalue weighted by molar-refractivity contribution is -0.141. The molecule has 0 aromatic rings. The Morgan fingerprint density at radius 1 is 1.41 bits per heavy atom. The largest absolute Gasteiger partial charge is 0.327 e. The first-order valence-electron chi connectivity index (χ1n) is 6.24. The first-order valence-corrected chi connectivity index (χ1v) is 7.29. The third-order valence-electron chi connectivity index (χ3n) is 3.01. The number of thioether (sulfide) groups is 1. The van der Waals surface area contributed by atoms with Crippen LogP contribution in [0.1, 0.15) is 40.0 Å². The van der Waals surface area contributed by atoms with Gasteiger partial charge in [-0.2, -0.15) is 0 Å². The molecule has 5 heteroatoms. The van der Waals surface area contributed by atoms with Gasteiger partial charge in [0.05, 0.1) is 5.25 Å². The van der Waals surface area contributed by atoms with Crippen LogP contribution in [0.5, 0.6) is 0 Å². The summed E-state index contributed by atoms with van der Waals surface area (Å²) in [5.74, 6) is 0.681. The van der Waals surface area contributed by atoms with Crippen LogP contribution in [0.15, 0.2) is 0 Å². The number of likely N-dealkylation sites (tertiary alicyclic amines) is 1. The molecule has 0 saturated carbocycles. The van der Waals surface area contributed by atoms with Gasteiger partial charge in [0.2, 0.25) is 11.8 Å². The van der Waals surface area contributed by atoms with E-state index in [4.69, 9.17) is 5.73 Å². The Balaban J connectivity index is 2.64. The summed E-state index contributed by atoms with van der Waals surface area (Å²) in [6, 6.07) is 0.126. The first-order chi connectivity index (χ1) is 8.01. The summed E-state index contributed by atoms with van der Waals surface area (Å²) >= 11 is 1.51. The molecule has 98 valence electrons. The molecule has 2 amide bonds. The summed E-state index contributed by atoms with van der Waals surface area (Å²) in [5, 5.41) is -0.214. The Morgan fingerprint density at radius 3 is 2.47 bits per heavy atom. The molecule has 0 aliphatic carbocycles. The zero-order valence-electron chi connectivity index (χ0n) is 10.8. The molecule has 2 atom stereocenters. The maximum atomic E-state index is 12.1. The van der Waals surface area contributed by atoms with Gasteiger partial charge in [0.25, 0.3) is 0 Å². The Kier molecular flexibility index (Phi) is 5.46. The van der Waals surface area contributed by atoms with Crippen molar-refractivity contribution in [2.45, 2.75) is 57.4 Å². The molecule has 1 heterocycles. The summed E-state index contributed by atoms with van der Waals surface area (Å²) in [4.78, 5) is 25.5. The van der Waals surface area contributed by atoms with Crippen molar-refractivity contribution in [2.75, 3.05) is 5.75 Å². The van der Waals surface area contributed by atoms with Crippen molar-refractivity contribution in [3.63, 3.8) is 0 Å². The van der Waals surface area contributed by atoms with E-state index in [1.807, 2.05) is 20.8 Å². The minimum absolute atomic E-state index is 0.0191. The normalized spacial score (nSPS) is 22.6.